The molecule has 0 aliphatic heterocycles. The molecular weight excluding hydrogens is 196 g/mol. The van der Waals surface area contributed by atoms with Crippen molar-refractivity contribution < 1.29 is 4.74 Å². The summed E-state index contributed by atoms with van der Waals surface area (Å²) in [7, 11) is 0. The lowest BCUT2D eigenvalue weighted by atomic mass is 9.75. The molecule has 0 N–H and O–H groups in total. The van der Waals surface area contributed by atoms with Crippen molar-refractivity contribution in [3.05, 3.63) is 12.3 Å². The van der Waals surface area contributed by atoms with Crippen LogP contribution in [0.1, 0.15) is 53.9 Å². The fraction of sp³-hybridized carbons (Fsp3) is 0.867. The second-order valence-corrected chi connectivity index (χ2v) is 6.10. The monoisotopic (exact) mass is 224 g/mol. The lowest BCUT2D eigenvalue weighted by Crippen LogP contribution is -2.34. The SMILES string of the molecule is C=C(O[C@@H]1C[C@H](C)CC[C@H]1C(C)C)C(C)C. The molecule has 3 atom stereocenters. The third kappa shape index (κ3) is 3.54. The Kier molecular flexibility index (Phi) is 4.89. The molecule has 1 rings (SSSR count). The minimum atomic E-state index is 0.402. The molecule has 1 heteroatoms. The molecule has 1 aliphatic rings. The molecule has 0 radical (unpaired) electrons. The molecule has 1 fully saturated rings. The van der Waals surface area contributed by atoms with E-state index in [2.05, 4.69) is 41.2 Å². The number of rotatable bonds is 4. The molecule has 0 unspecified atom stereocenters. The zero-order valence-electron chi connectivity index (χ0n) is 11.6. The Balaban J connectivity index is 2.61. The summed E-state index contributed by atoms with van der Waals surface area (Å²) < 4.78 is 6.10. The summed E-state index contributed by atoms with van der Waals surface area (Å²) in [6.07, 6.45) is 4.28. The third-order valence-electron chi connectivity index (χ3n) is 3.91. The van der Waals surface area contributed by atoms with Gasteiger partial charge in [-0.1, -0.05) is 47.6 Å². The third-order valence-corrected chi connectivity index (χ3v) is 3.91. The normalized spacial score (nSPS) is 30.8. The molecular formula is C15H28O. The maximum absolute atomic E-state index is 6.10. The molecule has 0 aromatic carbocycles. The Hall–Kier alpha value is -0.460. The molecule has 1 nitrogen and oxygen atoms in total. The van der Waals surface area contributed by atoms with Gasteiger partial charge in [-0.3, -0.25) is 0 Å². The van der Waals surface area contributed by atoms with Crippen molar-refractivity contribution in [1.29, 1.82) is 0 Å². The minimum absolute atomic E-state index is 0.402. The molecule has 0 amide bonds. The highest BCUT2D eigenvalue weighted by molar-refractivity contribution is 4.91. The second-order valence-electron chi connectivity index (χ2n) is 6.10. The van der Waals surface area contributed by atoms with Gasteiger partial charge in [-0.05, 0) is 30.6 Å². The fourth-order valence-corrected chi connectivity index (χ4v) is 2.58. The van der Waals surface area contributed by atoms with Crippen LogP contribution in [0.15, 0.2) is 12.3 Å². The van der Waals surface area contributed by atoms with Crippen molar-refractivity contribution in [3.63, 3.8) is 0 Å². The highest BCUT2D eigenvalue weighted by atomic mass is 16.5. The van der Waals surface area contributed by atoms with Crippen LogP contribution >= 0.6 is 0 Å². The van der Waals surface area contributed by atoms with Crippen molar-refractivity contribution >= 4 is 0 Å². The van der Waals surface area contributed by atoms with Crippen LogP contribution in [-0.4, -0.2) is 6.10 Å². The van der Waals surface area contributed by atoms with E-state index in [1.807, 2.05) is 0 Å². The van der Waals surface area contributed by atoms with E-state index in [9.17, 15) is 0 Å². The van der Waals surface area contributed by atoms with Crippen LogP contribution < -0.4 is 0 Å². The smallest absolute Gasteiger partial charge is 0.101 e. The maximum atomic E-state index is 6.10. The van der Waals surface area contributed by atoms with Crippen LogP contribution in [0.5, 0.6) is 0 Å². The van der Waals surface area contributed by atoms with Crippen molar-refractivity contribution in [2.24, 2.45) is 23.7 Å². The summed E-state index contributed by atoms with van der Waals surface area (Å²) >= 11 is 0. The van der Waals surface area contributed by atoms with E-state index in [4.69, 9.17) is 4.74 Å². The molecule has 16 heavy (non-hydrogen) atoms. The van der Waals surface area contributed by atoms with Crippen molar-refractivity contribution in [2.75, 3.05) is 0 Å². The molecule has 0 bridgehead atoms. The largest absolute Gasteiger partial charge is 0.495 e. The summed E-state index contributed by atoms with van der Waals surface area (Å²) in [5.74, 6) is 3.64. The molecule has 0 aromatic heterocycles. The number of allylic oxidation sites excluding steroid dienone is 1. The zero-order valence-corrected chi connectivity index (χ0v) is 11.6. The van der Waals surface area contributed by atoms with E-state index in [0.717, 1.165) is 17.6 Å². The van der Waals surface area contributed by atoms with Gasteiger partial charge in [0.1, 0.15) is 6.10 Å². The first-order valence-electron chi connectivity index (χ1n) is 6.77. The average molecular weight is 224 g/mol. The van der Waals surface area contributed by atoms with Gasteiger partial charge in [-0.15, -0.1) is 0 Å². The molecule has 0 saturated heterocycles. The van der Waals surface area contributed by atoms with Gasteiger partial charge in [0.15, 0.2) is 0 Å². The van der Waals surface area contributed by atoms with Gasteiger partial charge in [-0.25, -0.2) is 0 Å². The maximum Gasteiger partial charge on any atom is 0.101 e. The Morgan fingerprint density at radius 1 is 1.19 bits per heavy atom. The fourth-order valence-electron chi connectivity index (χ4n) is 2.58. The lowest BCUT2D eigenvalue weighted by Gasteiger charge is -2.38. The molecule has 0 spiro atoms. The molecule has 0 aromatic rings. The van der Waals surface area contributed by atoms with Crippen molar-refractivity contribution in [3.8, 4) is 0 Å². The first kappa shape index (κ1) is 13.6. The van der Waals surface area contributed by atoms with Gasteiger partial charge in [0.2, 0.25) is 0 Å². The Morgan fingerprint density at radius 3 is 2.31 bits per heavy atom. The van der Waals surface area contributed by atoms with Crippen LogP contribution in [0.2, 0.25) is 0 Å². The topological polar surface area (TPSA) is 9.23 Å². The van der Waals surface area contributed by atoms with Gasteiger partial charge in [-0.2, -0.15) is 0 Å². The summed E-state index contributed by atoms with van der Waals surface area (Å²) in [5, 5.41) is 0. The Morgan fingerprint density at radius 2 is 1.81 bits per heavy atom. The number of hydrogen-bond donors (Lipinski definition) is 0. The summed E-state index contributed by atoms with van der Waals surface area (Å²) in [6.45, 7) is 15.3. The number of ether oxygens (including phenoxy) is 1. The first-order chi connectivity index (χ1) is 7.41. The lowest BCUT2D eigenvalue weighted by molar-refractivity contribution is -0.00917. The molecule has 94 valence electrons. The minimum Gasteiger partial charge on any atom is -0.495 e. The quantitative estimate of drug-likeness (QED) is 0.632. The van der Waals surface area contributed by atoms with E-state index >= 15 is 0 Å². The van der Waals surface area contributed by atoms with Crippen molar-refractivity contribution in [2.45, 2.75) is 60.0 Å². The molecule has 1 aliphatic carbocycles. The van der Waals surface area contributed by atoms with Gasteiger partial charge < -0.3 is 4.74 Å². The van der Waals surface area contributed by atoms with Gasteiger partial charge >= 0.3 is 0 Å². The van der Waals surface area contributed by atoms with Crippen LogP contribution in [-0.2, 0) is 4.74 Å². The van der Waals surface area contributed by atoms with Crippen LogP contribution in [0.3, 0.4) is 0 Å². The van der Waals surface area contributed by atoms with Gasteiger partial charge in [0.25, 0.3) is 0 Å². The van der Waals surface area contributed by atoms with E-state index in [-0.39, 0.29) is 0 Å². The van der Waals surface area contributed by atoms with Gasteiger partial charge in [0, 0.05) is 5.92 Å². The molecule has 1 saturated carbocycles. The van der Waals surface area contributed by atoms with Crippen LogP contribution in [0.4, 0.5) is 0 Å². The van der Waals surface area contributed by atoms with Gasteiger partial charge in [0.05, 0.1) is 5.76 Å². The standard InChI is InChI=1S/C15H28O/c1-10(2)13(6)16-15-9-12(5)7-8-14(15)11(3)4/h10-12,14-15H,6-9H2,1-5H3/t12-,14+,15-/m1/s1. The van der Waals surface area contributed by atoms with E-state index in [1.54, 1.807) is 0 Å². The highest BCUT2D eigenvalue weighted by Gasteiger charge is 2.32. The van der Waals surface area contributed by atoms with E-state index in [0.29, 0.717) is 17.9 Å². The summed E-state index contributed by atoms with van der Waals surface area (Å²) in [5.41, 5.74) is 0. The van der Waals surface area contributed by atoms with Crippen LogP contribution in [0.25, 0.3) is 0 Å². The highest BCUT2D eigenvalue weighted by Crippen LogP contribution is 2.36. The summed E-state index contributed by atoms with van der Waals surface area (Å²) in [6, 6.07) is 0. The Bertz CT molecular complexity index is 230. The van der Waals surface area contributed by atoms with Crippen LogP contribution in [0, 0.1) is 23.7 Å². The predicted molar refractivity (Wildman–Crippen MR) is 70.2 cm³/mol. The average Bonchev–Trinajstić information content (AvgIpc) is 2.16. The van der Waals surface area contributed by atoms with E-state index in [1.165, 1.54) is 19.3 Å². The van der Waals surface area contributed by atoms with Crippen molar-refractivity contribution in [1.82, 2.24) is 0 Å². The first-order valence-corrected chi connectivity index (χ1v) is 6.77. The molecule has 0 heterocycles. The second kappa shape index (κ2) is 5.75. The predicted octanol–water partition coefficient (Wildman–Crippen LogP) is 4.63. The summed E-state index contributed by atoms with van der Waals surface area (Å²) in [4.78, 5) is 0. The zero-order chi connectivity index (χ0) is 12.3. The van der Waals surface area contributed by atoms with E-state index < -0.39 is 0 Å². The Labute approximate surface area is 101 Å². The number of hydrogen-bond acceptors (Lipinski definition) is 1.